The fraction of sp³-hybridized carbons (Fsp3) is 0.222. The first-order chi connectivity index (χ1) is 6.66. The van der Waals surface area contributed by atoms with Gasteiger partial charge in [-0.15, -0.1) is 0 Å². The highest BCUT2D eigenvalue weighted by Crippen LogP contribution is 2.25. The van der Waals surface area contributed by atoms with Crippen LogP contribution in [0.3, 0.4) is 0 Å². The summed E-state index contributed by atoms with van der Waals surface area (Å²) in [5.41, 5.74) is 11.4. The monoisotopic (exact) mass is 196 g/mol. The van der Waals surface area contributed by atoms with Crippen LogP contribution in [0.5, 0.6) is 5.75 Å². The Bertz CT molecular complexity index is 339. The molecule has 1 rings (SSSR count). The van der Waals surface area contributed by atoms with Crippen LogP contribution in [-0.4, -0.2) is 19.8 Å². The standard InChI is InChI=1S/C9H12N2O3/c1-13-5-14-8-6(9(11)12)3-2-4-7(8)10/h2-4H,5,10H2,1H3,(H2,11,12). The van der Waals surface area contributed by atoms with Gasteiger partial charge in [-0.05, 0) is 12.1 Å². The number of nitrogens with two attached hydrogens (primary N) is 2. The first-order valence-corrected chi connectivity index (χ1v) is 3.97. The average Bonchev–Trinajstić information content (AvgIpc) is 2.15. The lowest BCUT2D eigenvalue weighted by Crippen LogP contribution is -2.14. The lowest BCUT2D eigenvalue weighted by Gasteiger charge is -2.10. The van der Waals surface area contributed by atoms with Crippen LogP contribution in [0.25, 0.3) is 0 Å². The molecule has 0 saturated carbocycles. The summed E-state index contributed by atoms with van der Waals surface area (Å²) in [7, 11) is 1.48. The third-order valence-electron chi connectivity index (χ3n) is 1.63. The summed E-state index contributed by atoms with van der Waals surface area (Å²) in [5, 5.41) is 0. The van der Waals surface area contributed by atoms with Crippen molar-refractivity contribution in [2.45, 2.75) is 0 Å². The number of primary amides is 1. The smallest absolute Gasteiger partial charge is 0.252 e. The minimum absolute atomic E-state index is 0.0223. The van der Waals surface area contributed by atoms with Gasteiger partial charge in [0.25, 0.3) is 5.91 Å². The Morgan fingerprint density at radius 2 is 2.21 bits per heavy atom. The molecule has 0 atom stereocenters. The summed E-state index contributed by atoms with van der Waals surface area (Å²) >= 11 is 0. The summed E-state index contributed by atoms with van der Waals surface area (Å²) in [6.45, 7) is 0.0223. The number of nitrogen functional groups attached to an aromatic ring is 1. The second-order valence-corrected chi connectivity index (χ2v) is 2.64. The van der Waals surface area contributed by atoms with E-state index in [9.17, 15) is 4.79 Å². The van der Waals surface area contributed by atoms with E-state index in [2.05, 4.69) is 0 Å². The third-order valence-corrected chi connectivity index (χ3v) is 1.63. The molecule has 0 bridgehead atoms. The van der Waals surface area contributed by atoms with Crippen LogP contribution in [0.1, 0.15) is 10.4 Å². The van der Waals surface area contributed by atoms with Gasteiger partial charge in [0.2, 0.25) is 0 Å². The van der Waals surface area contributed by atoms with Crippen LogP contribution in [0.2, 0.25) is 0 Å². The maximum Gasteiger partial charge on any atom is 0.252 e. The van der Waals surface area contributed by atoms with Crippen LogP contribution >= 0.6 is 0 Å². The van der Waals surface area contributed by atoms with E-state index >= 15 is 0 Å². The number of hydrogen-bond acceptors (Lipinski definition) is 4. The summed E-state index contributed by atoms with van der Waals surface area (Å²) in [6, 6.07) is 4.80. The van der Waals surface area contributed by atoms with Gasteiger partial charge in [0.15, 0.2) is 12.5 Å². The van der Waals surface area contributed by atoms with Crippen LogP contribution in [0, 0.1) is 0 Å². The Balaban J connectivity index is 3.02. The number of methoxy groups -OCH3 is 1. The lowest BCUT2D eigenvalue weighted by atomic mass is 10.1. The largest absolute Gasteiger partial charge is 0.465 e. The van der Waals surface area contributed by atoms with E-state index in [0.29, 0.717) is 5.69 Å². The first kappa shape index (κ1) is 10.3. The second-order valence-electron chi connectivity index (χ2n) is 2.64. The molecule has 4 N–H and O–H groups in total. The number of rotatable bonds is 4. The molecule has 0 heterocycles. The van der Waals surface area contributed by atoms with E-state index < -0.39 is 5.91 Å². The molecule has 1 aromatic rings. The Kier molecular flexibility index (Phi) is 3.30. The van der Waals surface area contributed by atoms with E-state index in [1.165, 1.54) is 7.11 Å². The molecule has 5 nitrogen and oxygen atoms in total. The molecule has 1 aromatic carbocycles. The van der Waals surface area contributed by atoms with Gasteiger partial charge in [-0.3, -0.25) is 4.79 Å². The molecule has 0 aliphatic heterocycles. The molecule has 0 fully saturated rings. The van der Waals surface area contributed by atoms with Crippen LogP contribution in [0.4, 0.5) is 5.69 Å². The molecule has 0 aliphatic rings. The van der Waals surface area contributed by atoms with Crippen molar-refractivity contribution in [3.05, 3.63) is 23.8 Å². The Labute approximate surface area is 81.6 Å². The van der Waals surface area contributed by atoms with E-state index in [-0.39, 0.29) is 18.1 Å². The number of carbonyl (C=O) groups is 1. The number of carbonyl (C=O) groups excluding carboxylic acids is 1. The lowest BCUT2D eigenvalue weighted by molar-refractivity contribution is 0.0508. The second kappa shape index (κ2) is 4.48. The summed E-state index contributed by atoms with van der Waals surface area (Å²) in [4.78, 5) is 11.0. The highest BCUT2D eigenvalue weighted by atomic mass is 16.7. The molecule has 0 saturated heterocycles. The number of para-hydroxylation sites is 1. The predicted octanol–water partition coefficient (Wildman–Crippen LogP) is 0.350. The van der Waals surface area contributed by atoms with E-state index in [4.69, 9.17) is 20.9 Å². The molecular weight excluding hydrogens is 184 g/mol. The summed E-state index contributed by atoms with van der Waals surface area (Å²) in [5.74, 6) is -0.315. The molecule has 0 aliphatic carbocycles. The number of amides is 1. The van der Waals surface area contributed by atoms with Gasteiger partial charge in [0.1, 0.15) is 0 Å². The van der Waals surface area contributed by atoms with Crippen molar-refractivity contribution in [3.63, 3.8) is 0 Å². The van der Waals surface area contributed by atoms with Crippen LogP contribution < -0.4 is 16.2 Å². The maximum atomic E-state index is 11.0. The third kappa shape index (κ3) is 2.14. The van der Waals surface area contributed by atoms with Gasteiger partial charge in [0, 0.05) is 7.11 Å². The Hall–Kier alpha value is -1.75. The highest BCUT2D eigenvalue weighted by molar-refractivity contribution is 5.97. The predicted molar refractivity (Wildman–Crippen MR) is 51.9 cm³/mol. The van der Waals surface area contributed by atoms with Gasteiger partial charge in [-0.1, -0.05) is 6.07 Å². The average molecular weight is 196 g/mol. The topological polar surface area (TPSA) is 87.6 Å². The Morgan fingerprint density at radius 1 is 1.50 bits per heavy atom. The minimum atomic E-state index is -0.580. The quantitative estimate of drug-likeness (QED) is 0.537. The molecule has 1 amide bonds. The molecule has 5 heteroatoms. The Morgan fingerprint density at radius 3 is 2.79 bits per heavy atom. The number of anilines is 1. The molecule has 76 valence electrons. The van der Waals surface area contributed by atoms with Gasteiger partial charge >= 0.3 is 0 Å². The van der Waals surface area contributed by atoms with Crippen molar-refractivity contribution >= 4 is 11.6 Å². The van der Waals surface area contributed by atoms with Crippen molar-refractivity contribution < 1.29 is 14.3 Å². The molecule has 0 unspecified atom stereocenters. The number of ether oxygens (including phenoxy) is 2. The fourth-order valence-electron chi connectivity index (χ4n) is 1.03. The van der Waals surface area contributed by atoms with Crippen molar-refractivity contribution in [1.82, 2.24) is 0 Å². The normalized spacial score (nSPS) is 9.79. The molecular formula is C9H12N2O3. The van der Waals surface area contributed by atoms with Crippen molar-refractivity contribution in [2.75, 3.05) is 19.6 Å². The fourth-order valence-corrected chi connectivity index (χ4v) is 1.03. The van der Waals surface area contributed by atoms with Gasteiger partial charge in [-0.25, -0.2) is 0 Å². The first-order valence-electron chi connectivity index (χ1n) is 3.97. The van der Waals surface area contributed by atoms with Crippen molar-refractivity contribution in [2.24, 2.45) is 5.73 Å². The van der Waals surface area contributed by atoms with Gasteiger partial charge in [0.05, 0.1) is 11.3 Å². The van der Waals surface area contributed by atoms with E-state index in [0.717, 1.165) is 0 Å². The van der Waals surface area contributed by atoms with Gasteiger partial charge < -0.3 is 20.9 Å². The molecule has 0 radical (unpaired) electrons. The van der Waals surface area contributed by atoms with Crippen LogP contribution in [0.15, 0.2) is 18.2 Å². The molecule has 0 aromatic heterocycles. The zero-order chi connectivity index (χ0) is 10.6. The van der Waals surface area contributed by atoms with Crippen LogP contribution in [-0.2, 0) is 4.74 Å². The van der Waals surface area contributed by atoms with Crippen molar-refractivity contribution in [1.29, 1.82) is 0 Å². The minimum Gasteiger partial charge on any atom is -0.465 e. The number of benzene rings is 1. The zero-order valence-electron chi connectivity index (χ0n) is 7.82. The maximum absolute atomic E-state index is 11.0. The molecule has 14 heavy (non-hydrogen) atoms. The SMILES string of the molecule is COCOc1c(N)cccc1C(N)=O. The highest BCUT2D eigenvalue weighted by Gasteiger charge is 2.11. The summed E-state index contributed by atoms with van der Waals surface area (Å²) in [6.07, 6.45) is 0. The van der Waals surface area contributed by atoms with Crippen molar-refractivity contribution in [3.8, 4) is 5.75 Å². The number of hydrogen-bond donors (Lipinski definition) is 2. The summed E-state index contributed by atoms with van der Waals surface area (Å²) < 4.78 is 9.84. The van der Waals surface area contributed by atoms with E-state index in [1.54, 1.807) is 18.2 Å². The van der Waals surface area contributed by atoms with E-state index in [1.807, 2.05) is 0 Å². The zero-order valence-corrected chi connectivity index (χ0v) is 7.82. The van der Waals surface area contributed by atoms with Gasteiger partial charge in [-0.2, -0.15) is 0 Å². The molecule has 0 spiro atoms.